The van der Waals surface area contributed by atoms with Gasteiger partial charge in [-0.1, -0.05) is 30.3 Å². The minimum atomic E-state index is -0.0159. The lowest BCUT2D eigenvalue weighted by molar-refractivity contribution is -0.134. The molecule has 2 aliphatic heterocycles. The summed E-state index contributed by atoms with van der Waals surface area (Å²) in [5.74, 6) is 0.273. The van der Waals surface area contributed by atoms with Gasteiger partial charge in [-0.15, -0.1) is 11.3 Å². The Bertz CT molecular complexity index is 796. The quantitative estimate of drug-likeness (QED) is 0.736. The Labute approximate surface area is 172 Å². The third-order valence-electron chi connectivity index (χ3n) is 6.40. The number of carbonyl (C=O) groups excluding carboxylic acids is 1. The van der Waals surface area contributed by atoms with Crippen molar-refractivity contribution < 1.29 is 9.53 Å². The molecule has 5 heteroatoms. The molecule has 0 N–H and O–H groups in total. The first kappa shape index (κ1) is 19.6. The van der Waals surface area contributed by atoms with Crippen molar-refractivity contribution in [2.75, 3.05) is 33.4 Å². The smallest absolute Gasteiger partial charge is 0.230 e. The minimum Gasteiger partial charge on any atom is -0.383 e. The highest BCUT2D eigenvalue weighted by Gasteiger charge is 2.51. The molecule has 3 heterocycles. The van der Waals surface area contributed by atoms with E-state index >= 15 is 0 Å². The normalized spacial score (nSPS) is 22.3. The van der Waals surface area contributed by atoms with Gasteiger partial charge in [0.1, 0.15) is 0 Å². The Morgan fingerprint density at radius 3 is 2.54 bits per heavy atom. The van der Waals surface area contributed by atoms with Crippen LogP contribution < -0.4 is 0 Å². The number of benzene rings is 1. The van der Waals surface area contributed by atoms with Gasteiger partial charge in [-0.3, -0.25) is 9.69 Å². The lowest BCUT2D eigenvalue weighted by Crippen LogP contribution is -2.53. The lowest BCUT2D eigenvalue weighted by Gasteiger charge is -2.45. The summed E-state index contributed by atoms with van der Waals surface area (Å²) in [7, 11) is 1.72. The van der Waals surface area contributed by atoms with Crippen LogP contribution in [0.5, 0.6) is 0 Å². The molecule has 1 aromatic carbocycles. The van der Waals surface area contributed by atoms with E-state index in [1.54, 1.807) is 7.11 Å². The van der Waals surface area contributed by atoms with Gasteiger partial charge in [0.05, 0.1) is 12.5 Å². The van der Waals surface area contributed by atoms with E-state index < -0.39 is 0 Å². The third kappa shape index (κ3) is 3.88. The van der Waals surface area contributed by atoms with E-state index in [2.05, 4.69) is 41.0 Å². The van der Waals surface area contributed by atoms with E-state index in [0.29, 0.717) is 13.2 Å². The number of methoxy groups -OCH3 is 1. The highest BCUT2D eigenvalue weighted by Crippen LogP contribution is 2.45. The highest BCUT2D eigenvalue weighted by molar-refractivity contribution is 7.11. The number of nitrogens with zero attached hydrogens (tertiary/aromatic N) is 2. The molecule has 1 spiro atoms. The summed E-state index contributed by atoms with van der Waals surface area (Å²) >= 11 is 1.89. The van der Waals surface area contributed by atoms with Gasteiger partial charge in [0.25, 0.3) is 0 Å². The number of aryl methyl sites for hydroxylation is 1. The number of piperidine rings is 1. The van der Waals surface area contributed by atoms with Crippen molar-refractivity contribution in [1.82, 2.24) is 9.80 Å². The molecule has 1 aromatic heterocycles. The van der Waals surface area contributed by atoms with Gasteiger partial charge < -0.3 is 9.64 Å². The fraction of sp³-hybridized carbons (Fsp3) is 0.522. The lowest BCUT2D eigenvalue weighted by atomic mass is 9.81. The number of thiophene rings is 1. The summed E-state index contributed by atoms with van der Waals surface area (Å²) in [5.41, 5.74) is 1.14. The predicted molar refractivity (Wildman–Crippen MR) is 114 cm³/mol. The highest BCUT2D eigenvalue weighted by atomic mass is 32.1. The number of rotatable bonds is 6. The van der Waals surface area contributed by atoms with Crippen molar-refractivity contribution in [1.29, 1.82) is 0 Å². The van der Waals surface area contributed by atoms with E-state index in [1.807, 2.05) is 29.5 Å². The summed E-state index contributed by atoms with van der Waals surface area (Å²) in [5, 5.41) is 0. The summed E-state index contributed by atoms with van der Waals surface area (Å²) in [6.45, 7) is 6.60. The van der Waals surface area contributed by atoms with Gasteiger partial charge in [0, 0.05) is 48.6 Å². The number of ether oxygens (including phenoxy) is 1. The molecule has 2 aliphatic rings. The molecule has 0 aliphatic carbocycles. The van der Waals surface area contributed by atoms with Crippen molar-refractivity contribution in [3.8, 4) is 0 Å². The van der Waals surface area contributed by atoms with Crippen molar-refractivity contribution in [3.05, 3.63) is 57.8 Å². The minimum absolute atomic E-state index is 0.00967. The van der Waals surface area contributed by atoms with E-state index in [9.17, 15) is 4.79 Å². The van der Waals surface area contributed by atoms with Crippen molar-refractivity contribution in [2.45, 2.75) is 44.2 Å². The maximum atomic E-state index is 13.3. The van der Waals surface area contributed by atoms with Crippen LogP contribution in [-0.4, -0.2) is 54.6 Å². The number of likely N-dealkylation sites (tertiary alicyclic amines) is 2. The van der Waals surface area contributed by atoms with Gasteiger partial charge >= 0.3 is 0 Å². The van der Waals surface area contributed by atoms with E-state index in [-0.39, 0.29) is 17.4 Å². The third-order valence-corrected chi connectivity index (χ3v) is 7.39. The van der Waals surface area contributed by atoms with Crippen LogP contribution in [-0.2, 0) is 16.1 Å². The van der Waals surface area contributed by atoms with Gasteiger partial charge in [0.15, 0.2) is 0 Å². The number of carbonyl (C=O) groups is 1. The Balaban J connectivity index is 1.49. The maximum Gasteiger partial charge on any atom is 0.230 e. The SMILES string of the molecule is COCCN1C(=O)C(c2ccccc2)CC12CCN(Cc1ccc(C)s1)CC2. The molecular formula is C23H30N2O2S. The Morgan fingerprint density at radius 1 is 1.14 bits per heavy atom. The van der Waals surface area contributed by atoms with Gasteiger partial charge in [0.2, 0.25) is 5.91 Å². The van der Waals surface area contributed by atoms with E-state index in [4.69, 9.17) is 4.74 Å². The first-order chi connectivity index (χ1) is 13.6. The van der Waals surface area contributed by atoms with Gasteiger partial charge in [-0.25, -0.2) is 0 Å². The molecule has 4 nitrogen and oxygen atoms in total. The fourth-order valence-corrected chi connectivity index (χ4v) is 5.80. The first-order valence-corrected chi connectivity index (χ1v) is 11.1. The largest absolute Gasteiger partial charge is 0.383 e. The second-order valence-electron chi connectivity index (χ2n) is 8.16. The van der Waals surface area contributed by atoms with Crippen LogP contribution in [0.4, 0.5) is 0 Å². The van der Waals surface area contributed by atoms with Crippen molar-refractivity contribution >= 4 is 17.2 Å². The fourth-order valence-electron chi connectivity index (χ4n) is 4.87. The zero-order valence-electron chi connectivity index (χ0n) is 16.9. The molecule has 1 amide bonds. The first-order valence-electron chi connectivity index (χ1n) is 10.2. The predicted octanol–water partition coefficient (Wildman–Crippen LogP) is 4.05. The summed E-state index contributed by atoms with van der Waals surface area (Å²) in [6.07, 6.45) is 3.04. The van der Waals surface area contributed by atoms with Gasteiger partial charge in [-0.05, 0) is 43.9 Å². The average molecular weight is 399 g/mol. The second-order valence-corrected chi connectivity index (χ2v) is 9.54. The van der Waals surface area contributed by atoms with Crippen molar-refractivity contribution in [3.63, 3.8) is 0 Å². The molecule has 2 saturated heterocycles. The van der Waals surface area contributed by atoms with E-state index in [0.717, 1.165) is 44.5 Å². The monoisotopic (exact) mass is 398 g/mol. The van der Waals surface area contributed by atoms with Crippen molar-refractivity contribution in [2.24, 2.45) is 0 Å². The molecule has 0 saturated carbocycles. The Morgan fingerprint density at radius 2 is 1.89 bits per heavy atom. The van der Waals surface area contributed by atoms with Crippen LogP contribution in [0.15, 0.2) is 42.5 Å². The summed E-state index contributed by atoms with van der Waals surface area (Å²) in [6, 6.07) is 14.8. The molecule has 28 heavy (non-hydrogen) atoms. The molecule has 150 valence electrons. The molecule has 0 radical (unpaired) electrons. The second kappa shape index (κ2) is 8.36. The number of hydrogen-bond acceptors (Lipinski definition) is 4. The van der Waals surface area contributed by atoms with Crippen LogP contribution >= 0.6 is 11.3 Å². The molecule has 0 bridgehead atoms. The topological polar surface area (TPSA) is 32.8 Å². The molecule has 1 atom stereocenters. The standard InChI is InChI=1S/C23H30N2O2S/c1-18-8-9-20(28-18)17-24-12-10-23(11-13-24)16-21(19-6-4-3-5-7-19)22(26)25(23)14-15-27-2/h3-9,21H,10-17H2,1-2H3. The molecule has 2 fully saturated rings. The van der Waals surface area contributed by atoms with Gasteiger partial charge in [-0.2, -0.15) is 0 Å². The maximum absolute atomic E-state index is 13.3. The molecular weight excluding hydrogens is 368 g/mol. The molecule has 4 rings (SSSR count). The zero-order valence-corrected chi connectivity index (χ0v) is 17.7. The Kier molecular flexibility index (Phi) is 5.85. The van der Waals surface area contributed by atoms with E-state index in [1.165, 1.54) is 9.75 Å². The van der Waals surface area contributed by atoms with Crippen LogP contribution in [0.25, 0.3) is 0 Å². The summed E-state index contributed by atoms with van der Waals surface area (Å²) < 4.78 is 5.33. The zero-order chi connectivity index (χ0) is 19.6. The number of amides is 1. The van der Waals surface area contributed by atoms with Crippen LogP contribution in [0.3, 0.4) is 0 Å². The average Bonchev–Trinajstić information content (AvgIpc) is 3.24. The molecule has 1 unspecified atom stereocenters. The van der Waals surface area contributed by atoms with Crippen LogP contribution in [0, 0.1) is 6.92 Å². The Hall–Kier alpha value is -1.69. The molecule has 2 aromatic rings. The summed E-state index contributed by atoms with van der Waals surface area (Å²) in [4.78, 5) is 20.8. The number of hydrogen-bond donors (Lipinski definition) is 0. The van der Waals surface area contributed by atoms with Crippen LogP contribution in [0.2, 0.25) is 0 Å². The van der Waals surface area contributed by atoms with Crippen LogP contribution in [0.1, 0.15) is 40.5 Å².